The van der Waals surface area contributed by atoms with Crippen molar-refractivity contribution in [3.63, 3.8) is 0 Å². The second-order valence-corrected chi connectivity index (χ2v) is 5.41. The van der Waals surface area contributed by atoms with E-state index in [1.807, 2.05) is 18.2 Å². The first kappa shape index (κ1) is 12.3. The molecule has 16 heavy (non-hydrogen) atoms. The van der Waals surface area contributed by atoms with Gasteiger partial charge in [0.15, 0.2) is 0 Å². The van der Waals surface area contributed by atoms with Gasteiger partial charge in [0.1, 0.15) is 0 Å². The van der Waals surface area contributed by atoms with Gasteiger partial charge in [-0.15, -0.1) is 0 Å². The Bertz CT molecular complexity index is 396. The SMILES string of the molecule is FC1(F)CCN(c2ccc(Br)cc2CBr)C1. The zero-order valence-corrected chi connectivity index (χ0v) is 11.7. The maximum Gasteiger partial charge on any atom is 0.266 e. The largest absolute Gasteiger partial charge is 0.365 e. The van der Waals surface area contributed by atoms with Gasteiger partial charge in [0.25, 0.3) is 5.92 Å². The van der Waals surface area contributed by atoms with Gasteiger partial charge in [-0.25, -0.2) is 8.78 Å². The lowest BCUT2D eigenvalue weighted by atomic mass is 10.2. The highest BCUT2D eigenvalue weighted by molar-refractivity contribution is 9.10. The van der Waals surface area contributed by atoms with Crippen molar-refractivity contribution in [1.82, 2.24) is 0 Å². The fraction of sp³-hybridized carbons (Fsp3) is 0.455. The molecule has 1 nitrogen and oxygen atoms in total. The first-order chi connectivity index (χ1) is 7.52. The van der Waals surface area contributed by atoms with Gasteiger partial charge < -0.3 is 4.90 Å². The molecular formula is C11H11Br2F2N. The van der Waals surface area contributed by atoms with Crippen LogP contribution in [0.2, 0.25) is 0 Å². The maximum atomic E-state index is 13.1. The Morgan fingerprint density at radius 3 is 2.69 bits per heavy atom. The standard InChI is InChI=1S/C11H11Br2F2N/c12-6-8-5-9(13)1-2-10(8)16-4-3-11(14,15)7-16/h1-2,5H,3-4,6-7H2. The van der Waals surface area contributed by atoms with Crippen LogP contribution < -0.4 is 4.90 Å². The van der Waals surface area contributed by atoms with Crippen LogP contribution in [0.1, 0.15) is 12.0 Å². The molecule has 0 aromatic heterocycles. The van der Waals surface area contributed by atoms with E-state index in [2.05, 4.69) is 31.9 Å². The summed E-state index contributed by atoms with van der Waals surface area (Å²) in [6.07, 6.45) is -0.0508. The summed E-state index contributed by atoms with van der Waals surface area (Å²) in [5, 5.41) is 0.670. The number of halogens is 4. The summed E-state index contributed by atoms with van der Waals surface area (Å²) in [5.74, 6) is -2.54. The highest BCUT2D eigenvalue weighted by Crippen LogP contribution is 2.34. The molecule has 1 fully saturated rings. The van der Waals surface area contributed by atoms with Crippen molar-refractivity contribution in [1.29, 1.82) is 0 Å². The first-order valence-corrected chi connectivity index (χ1v) is 6.90. The van der Waals surface area contributed by atoms with E-state index in [4.69, 9.17) is 0 Å². The van der Waals surface area contributed by atoms with Gasteiger partial charge in [-0.2, -0.15) is 0 Å². The van der Waals surface area contributed by atoms with Gasteiger partial charge in [-0.3, -0.25) is 0 Å². The molecule has 0 bridgehead atoms. The minimum Gasteiger partial charge on any atom is -0.365 e. The molecule has 0 spiro atoms. The molecule has 1 saturated heterocycles. The molecular weight excluding hydrogens is 344 g/mol. The molecule has 0 atom stereocenters. The van der Waals surface area contributed by atoms with Crippen LogP contribution in [0.3, 0.4) is 0 Å². The fourth-order valence-corrected chi connectivity index (χ4v) is 2.77. The normalized spacial score (nSPS) is 19.1. The van der Waals surface area contributed by atoms with E-state index in [1.54, 1.807) is 4.90 Å². The lowest BCUT2D eigenvalue weighted by molar-refractivity contribution is 0.0257. The van der Waals surface area contributed by atoms with Crippen molar-refractivity contribution in [3.05, 3.63) is 28.2 Å². The van der Waals surface area contributed by atoms with Crippen LogP contribution in [0, 0.1) is 0 Å². The quantitative estimate of drug-likeness (QED) is 0.720. The zero-order valence-electron chi connectivity index (χ0n) is 8.52. The predicted molar refractivity (Wildman–Crippen MR) is 68.6 cm³/mol. The minimum absolute atomic E-state index is 0.0508. The molecule has 1 heterocycles. The molecule has 1 aromatic carbocycles. The van der Waals surface area contributed by atoms with Gasteiger partial charge in [-0.05, 0) is 23.8 Å². The number of alkyl halides is 3. The lowest BCUT2D eigenvalue weighted by Gasteiger charge is -2.21. The van der Waals surface area contributed by atoms with Crippen molar-refractivity contribution in [2.45, 2.75) is 17.7 Å². The monoisotopic (exact) mass is 353 g/mol. The second-order valence-electron chi connectivity index (χ2n) is 3.93. The summed E-state index contributed by atoms with van der Waals surface area (Å²) in [6.45, 7) is 0.253. The Balaban J connectivity index is 2.27. The smallest absolute Gasteiger partial charge is 0.266 e. The van der Waals surface area contributed by atoms with E-state index in [0.29, 0.717) is 11.9 Å². The Morgan fingerprint density at radius 1 is 1.38 bits per heavy atom. The van der Waals surface area contributed by atoms with E-state index >= 15 is 0 Å². The van der Waals surface area contributed by atoms with Crippen LogP contribution in [0.25, 0.3) is 0 Å². The molecule has 1 aromatic rings. The molecule has 0 saturated carbocycles. The van der Waals surface area contributed by atoms with Crippen LogP contribution in [0.4, 0.5) is 14.5 Å². The summed E-state index contributed by atoms with van der Waals surface area (Å²) in [5.41, 5.74) is 1.93. The van der Waals surface area contributed by atoms with Gasteiger partial charge in [0, 0.05) is 28.5 Å². The summed E-state index contributed by atoms with van der Waals surface area (Å²) in [6, 6.07) is 5.74. The molecule has 2 rings (SSSR count). The van der Waals surface area contributed by atoms with Crippen LogP contribution in [0.15, 0.2) is 22.7 Å². The van der Waals surface area contributed by atoms with Gasteiger partial charge in [-0.1, -0.05) is 31.9 Å². The van der Waals surface area contributed by atoms with Crippen molar-refractivity contribution < 1.29 is 8.78 Å². The molecule has 0 radical (unpaired) electrons. The van der Waals surface area contributed by atoms with Crippen molar-refractivity contribution in [2.75, 3.05) is 18.0 Å². The zero-order chi connectivity index (χ0) is 11.8. The van der Waals surface area contributed by atoms with Crippen LogP contribution in [-0.2, 0) is 5.33 Å². The van der Waals surface area contributed by atoms with Crippen molar-refractivity contribution in [2.24, 2.45) is 0 Å². The Morgan fingerprint density at radius 2 is 2.12 bits per heavy atom. The average Bonchev–Trinajstić information content (AvgIpc) is 2.58. The Kier molecular flexibility index (Phi) is 3.54. The number of benzene rings is 1. The lowest BCUT2D eigenvalue weighted by Crippen LogP contribution is -2.25. The van der Waals surface area contributed by atoms with E-state index < -0.39 is 5.92 Å². The molecule has 0 N–H and O–H groups in total. The number of hydrogen-bond acceptors (Lipinski definition) is 1. The molecule has 0 amide bonds. The number of hydrogen-bond donors (Lipinski definition) is 0. The van der Waals surface area contributed by atoms with Crippen molar-refractivity contribution >= 4 is 37.5 Å². The summed E-state index contributed by atoms with van der Waals surface area (Å²) < 4.78 is 27.2. The molecule has 5 heteroatoms. The average molecular weight is 355 g/mol. The Hall–Kier alpha value is -0.160. The number of nitrogens with zero attached hydrogens (tertiary/aromatic N) is 1. The third kappa shape index (κ3) is 2.56. The van der Waals surface area contributed by atoms with E-state index in [-0.39, 0.29) is 13.0 Å². The first-order valence-electron chi connectivity index (χ1n) is 4.99. The summed E-state index contributed by atoms with van der Waals surface area (Å²) in [7, 11) is 0. The number of rotatable bonds is 2. The fourth-order valence-electron chi connectivity index (χ4n) is 1.91. The van der Waals surface area contributed by atoms with Gasteiger partial charge >= 0.3 is 0 Å². The van der Waals surface area contributed by atoms with E-state index in [0.717, 1.165) is 15.7 Å². The van der Waals surface area contributed by atoms with Gasteiger partial charge in [0.05, 0.1) is 6.54 Å². The molecule has 88 valence electrons. The van der Waals surface area contributed by atoms with Crippen molar-refractivity contribution in [3.8, 4) is 0 Å². The third-order valence-corrected chi connectivity index (χ3v) is 3.79. The summed E-state index contributed by atoms with van der Waals surface area (Å²) >= 11 is 6.76. The Labute approximate surface area is 110 Å². The molecule has 0 aliphatic carbocycles. The highest BCUT2D eigenvalue weighted by Gasteiger charge is 2.38. The summed E-state index contributed by atoms with van der Waals surface area (Å²) in [4.78, 5) is 1.75. The highest BCUT2D eigenvalue weighted by atomic mass is 79.9. The molecule has 0 unspecified atom stereocenters. The third-order valence-electron chi connectivity index (χ3n) is 2.70. The molecule has 1 aliphatic heterocycles. The van der Waals surface area contributed by atoms with Crippen LogP contribution >= 0.6 is 31.9 Å². The topological polar surface area (TPSA) is 3.24 Å². The maximum absolute atomic E-state index is 13.1. The molecule has 1 aliphatic rings. The van der Waals surface area contributed by atoms with E-state index in [9.17, 15) is 8.78 Å². The van der Waals surface area contributed by atoms with E-state index in [1.165, 1.54) is 0 Å². The minimum atomic E-state index is -2.54. The second kappa shape index (κ2) is 4.61. The van der Waals surface area contributed by atoms with Crippen LogP contribution in [0.5, 0.6) is 0 Å². The van der Waals surface area contributed by atoms with Crippen LogP contribution in [-0.4, -0.2) is 19.0 Å². The predicted octanol–water partition coefficient (Wildman–Crippen LogP) is 4.19. The number of anilines is 1. The van der Waals surface area contributed by atoms with Gasteiger partial charge in [0.2, 0.25) is 0 Å².